The molecule has 154 valence electrons. The number of carbonyl (C=O) groups is 1. The molecule has 1 amide bonds. The quantitative estimate of drug-likeness (QED) is 0.778. The van der Waals surface area contributed by atoms with E-state index in [4.69, 9.17) is 4.74 Å². The second kappa shape index (κ2) is 8.58. The summed E-state index contributed by atoms with van der Waals surface area (Å²) in [5.74, 6) is 1.28. The molecule has 0 saturated heterocycles. The van der Waals surface area contributed by atoms with Crippen molar-refractivity contribution < 1.29 is 9.53 Å². The average Bonchev–Trinajstić information content (AvgIpc) is 2.87. The molecular formula is C25H32N2O2. The molecule has 1 fully saturated rings. The van der Waals surface area contributed by atoms with Gasteiger partial charge >= 0.3 is 0 Å². The second-order valence-electron chi connectivity index (χ2n) is 8.79. The van der Waals surface area contributed by atoms with Crippen LogP contribution in [0.5, 0.6) is 5.75 Å². The van der Waals surface area contributed by atoms with Crippen molar-refractivity contribution in [1.82, 2.24) is 9.80 Å². The van der Waals surface area contributed by atoms with Crippen molar-refractivity contribution in [3.05, 3.63) is 65.7 Å². The lowest BCUT2D eigenvalue weighted by atomic mass is 9.81. The first kappa shape index (κ1) is 20.0. The first-order valence-corrected chi connectivity index (χ1v) is 10.8. The lowest BCUT2D eigenvalue weighted by Gasteiger charge is -2.43. The van der Waals surface area contributed by atoms with E-state index in [1.807, 2.05) is 30.1 Å². The Kier molecular flexibility index (Phi) is 5.91. The van der Waals surface area contributed by atoms with Gasteiger partial charge in [0.1, 0.15) is 11.4 Å². The molecule has 0 unspecified atom stereocenters. The van der Waals surface area contributed by atoms with E-state index in [-0.39, 0.29) is 11.5 Å². The molecule has 4 heteroatoms. The minimum atomic E-state index is -0.133. The summed E-state index contributed by atoms with van der Waals surface area (Å²) in [4.78, 5) is 17.1. The predicted molar refractivity (Wildman–Crippen MR) is 116 cm³/mol. The van der Waals surface area contributed by atoms with E-state index in [1.54, 1.807) is 0 Å². The Balaban J connectivity index is 1.35. The average molecular weight is 393 g/mol. The Morgan fingerprint density at radius 2 is 1.79 bits per heavy atom. The summed E-state index contributed by atoms with van der Waals surface area (Å²) in [6, 6.07) is 19.0. The van der Waals surface area contributed by atoms with Gasteiger partial charge in [0.25, 0.3) is 0 Å². The number of fused-ring (bicyclic) bond motifs is 1. The van der Waals surface area contributed by atoms with Crippen LogP contribution in [0.3, 0.4) is 0 Å². The summed E-state index contributed by atoms with van der Waals surface area (Å²) >= 11 is 0. The standard InChI is InChI=1S/C25H32N2O2/c1-26-18-21-10-6-7-11-23(21)29-25(19-26)16-14-22(15-17-25)27(2)24(28)13-12-20-8-4-3-5-9-20/h3-11,22H,12-19H2,1-2H3. The lowest BCUT2D eigenvalue weighted by molar-refractivity contribution is -0.133. The monoisotopic (exact) mass is 392 g/mol. The van der Waals surface area contributed by atoms with E-state index < -0.39 is 0 Å². The van der Waals surface area contributed by atoms with E-state index in [1.165, 1.54) is 11.1 Å². The van der Waals surface area contributed by atoms with Crippen molar-refractivity contribution >= 4 is 5.91 Å². The van der Waals surface area contributed by atoms with E-state index in [0.717, 1.165) is 50.9 Å². The van der Waals surface area contributed by atoms with Crippen molar-refractivity contribution in [1.29, 1.82) is 0 Å². The summed E-state index contributed by atoms with van der Waals surface area (Å²) in [5.41, 5.74) is 2.36. The highest BCUT2D eigenvalue weighted by Crippen LogP contribution is 2.39. The first-order chi connectivity index (χ1) is 14.0. The number of likely N-dealkylation sites (N-methyl/N-ethyl adjacent to an activating group) is 1. The van der Waals surface area contributed by atoms with Crippen molar-refractivity contribution in [3.8, 4) is 5.75 Å². The molecule has 1 aliphatic carbocycles. The zero-order chi connectivity index (χ0) is 20.3. The van der Waals surface area contributed by atoms with Gasteiger partial charge in [-0.2, -0.15) is 0 Å². The molecule has 0 atom stereocenters. The van der Waals surface area contributed by atoms with Gasteiger partial charge < -0.3 is 9.64 Å². The highest BCUT2D eigenvalue weighted by Gasteiger charge is 2.41. The van der Waals surface area contributed by atoms with Gasteiger partial charge in [-0.05, 0) is 50.8 Å². The zero-order valence-corrected chi connectivity index (χ0v) is 17.6. The smallest absolute Gasteiger partial charge is 0.222 e. The third-order valence-electron chi connectivity index (χ3n) is 6.58. The van der Waals surface area contributed by atoms with Crippen LogP contribution in [0.4, 0.5) is 0 Å². The van der Waals surface area contributed by atoms with Crippen LogP contribution in [-0.2, 0) is 17.8 Å². The maximum absolute atomic E-state index is 12.7. The number of carbonyl (C=O) groups excluding carboxylic acids is 1. The van der Waals surface area contributed by atoms with E-state index >= 15 is 0 Å². The van der Waals surface area contributed by atoms with Crippen LogP contribution >= 0.6 is 0 Å². The third-order valence-corrected chi connectivity index (χ3v) is 6.58. The molecule has 1 saturated carbocycles. The molecule has 1 heterocycles. The highest BCUT2D eigenvalue weighted by atomic mass is 16.5. The number of amides is 1. The number of para-hydroxylation sites is 1. The molecule has 4 rings (SSSR count). The van der Waals surface area contributed by atoms with Gasteiger partial charge in [-0.3, -0.25) is 9.69 Å². The van der Waals surface area contributed by atoms with Crippen molar-refractivity contribution in [2.45, 2.75) is 56.7 Å². The van der Waals surface area contributed by atoms with Gasteiger partial charge in [0.15, 0.2) is 0 Å². The van der Waals surface area contributed by atoms with Gasteiger partial charge in [0.2, 0.25) is 5.91 Å². The first-order valence-electron chi connectivity index (χ1n) is 10.8. The summed E-state index contributed by atoms with van der Waals surface area (Å²) in [5, 5.41) is 0. The van der Waals surface area contributed by atoms with Crippen LogP contribution in [0.25, 0.3) is 0 Å². The SMILES string of the molecule is CN1Cc2ccccc2OC2(CCC(N(C)C(=O)CCc3ccccc3)CC2)C1. The summed E-state index contributed by atoms with van der Waals surface area (Å²) < 4.78 is 6.60. The minimum absolute atomic E-state index is 0.133. The number of hydrogen-bond acceptors (Lipinski definition) is 3. The molecule has 2 aliphatic rings. The largest absolute Gasteiger partial charge is 0.486 e. The van der Waals surface area contributed by atoms with Gasteiger partial charge in [0, 0.05) is 38.2 Å². The fraction of sp³-hybridized carbons (Fsp3) is 0.480. The van der Waals surface area contributed by atoms with Crippen molar-refractivity contribution in [2.24, 2.45) is 0 Å². The Morgan fingerprint density at radius 3 is 2.55 bits per heavy atom. The number of hydrogen-bond donors (Lipinski definition) is 0. The minimum Gasteiger partial charge on any atom is -0.486 e. The molecule has 2 aromatic rings. The number of rotatable bonds is 4. The number of ether oxygens (including phenoxy) is 1. The maximum Gasteiger partial charge on any atom is 0.222 e. The lowest BCUT2D eigenvalue weighted by Crippen LogP contribution is -2.51. The summed E-state index contributed by atoms with van der Waals surface area (Å²) in [6.07, 6.45) is 5.38. The molecule has 0 radical (unpaired) electrons. The Morgan fingerprint density at radius 1 is 1.10 bits per heavy atom. The molecule has 0 bridgehead atoms. The number of aryl methyl sites for hydroxylation is 1. The summed E-state index contributed by atoms with van der Waals surface area (Å²) in [7, 11) is 4.16. The maximum atomic E-state index is 12.7. The van der Waals surface area contributed by atoms with Gasteiger partial charge in [-0.1, -0.05) is 48.5 Å². The number of nitrogens with zero attached hydrogens (tertiary/aromatic N) is 2. The molecule has 29 heavy (non-hydrogen) atoms. The van der Waals surface area contributed by atoms with E-state index in [2.05, 4.69) is 48.3 Å². The molecular weight excluding hydrogens is 360 g/mol. The van der Waals surface area contributed by atoms with E-state index in [9.17, 15) is 4.79 Å². The van der Waals surface area contributed by atoms with Gasteiger partial charge in [-0.15, -0.1) is 0 Å². The van der Waals surface area contributed by atoms with Crippen LogP contribution in [0.2, 0.25) is 0 Å². The Bertz CT molecular complexity index is 828. The van der Waals surface area contributed by atoms with Crippen LogP contribution in [-0.4, -0.2) is 48.0 Å². The van der Waals surface area contributed by atoms with Crippen LogP contribution in [0.15, 0.2) is 54.6 Å². The molecule has 2 aromatic carbocycles. The van der Waals surface area contributed by atoms with Gasteiger partial charge in [-0.25, -0.2) is 0 Å². The van der Waals surface area contributed by atoms with Crippen molar-refractivity contribution in [3.63, 3.8) is 0 Å². The van der Waals surface area contributed by atoms with Crippen LogP contribution < -0.4 is 4.74 Å². The highest BCUT2D eigenvalue weighted by molar-refractivity contribution is 5.76. The van der Waals surface area contributed by atoms with Crippen LogP contribution in [0.1, 0.15) is 43.2 Å². The fourth-order valence-electron chi connectivity index (χ4n) is 4.89. The third kappa shape index (κ3) is 4.64. The normalized spacial score (nSPS) is 24.4. The number of benzene rings is 2. The van der Waals surface area contributed by atoms with Crippen LogP contribution in [0, 0.1) is 0 Å². The Labute approximate surface area is 174 Å². The topological polar surface area (TPSA) is 32.8 Å². The molecule has 4 nitrogen and oxygen atoms in total. The second-order valence-corrected chi connectivity index (χ2v) is 8.79. The van der Waals surface area contributed by atoms with E-state index in [0.29, 0.717) is 12.5 Å². The zero-order valence-electron chi connectivity index (χ0n) is 17.6. The Hall–Kier alpha value is -2.33. The van der Waals surface area contributed by atoms with Gasteiger partial charge in [0.05, 0.1) is 0 Å². The molecule has 0 N–H and O–H groups in total. The van der Waals surface area contributed by atoms with Crippen molar-refractivity contribution in [2.75, 3.05) is 20.6 Å². The predicted octanol–water partition coefficient (Wildman–Crippen LogP) is 4.28. The fourth-order valence-corrected chi connectivity index (χ4v) is 4.89. The molecule has 1 aliphatic heterocycles. The molecule has 0 aromatic heterocycles. The summed E-state index contributed by atoms with van der Waals surface area (Å²) in [6.45, 7) is 1.87. The molecule has 1 spiro atoms.